The third kappa shape index (κ3) is 2.03. The van der Waals surface area contributed by atoms with E-state index in [1.807, 2.05) is 13.8 Å². The van der Waals surface area contributed by atoms with Crippen molar-refractivity contribution in [2.24, 2.45) is 0 Å². The average Bonchev–Trinajstić information content (AvgIpc) is 1.97. The van der Waals surface area contributed by atoms with Gasteiger partial charge in [0, 0.05) is 10.0 Å². The second kappa shape index (κ2) is 3.22. The largest absolute Gasteiger partial charge is 0.378 e. The van der Waals surface area contributed by atoms with Crippen LogP contribution in [0.5, 0.6) is 0 Å². The van der Waals surface area contributed by atoms with Crippen molar-refractivity contribution in [3.8, 4) is 0 Å². The Bertz CT molecular complexity index is 508. The minimum atomic E-state index is -3.15. The molecule has 5 heteroatoms. The lowest BCUT2D eigenvalue weighted by Gasteiger charge is -2.33. The minimum Gasteiger partial charge on any atom is -0.378 e. The van der Waals surface area contributed by atoms with Gasteiger partial charge in [-0.2, -0.15) is 0 Å². The molecule has 0 saturated heterocycles. The summed E-state index contributed by atoms with van der Waals surface area (Å²) >= 11 is 3.33. The van der Waals surface area contributed by atoms with Gasteiger partial charge in [0.2, 0.25) is 0 Å². The van der Waals surface area contributed by atoms with Crippen LogP contribution in [0.1, 0.15) is 13.8 Å². The molecule has 1 heterocycles. The standard InChI is InChI=1S/C10H12BrNO2S/c1-10(2)6-15(13,14)9-4-3-7(11)5-8(9)12-10/h3-5,12H,6H2,1-2H3. The molecule has 0 atom stereocenters. The van der Waals surface area contributed by atoms with Crippen LogP contribution < -0.4 is 5.32 Å². The molecule has 0 amide bonds. The van der Waals surface area contributed by atoms with Gasteiger partial charge in [-0.15, -0.1) is 0 Å². The molecule has 0 aliphatic carbocycles. The van der Waals surface area contributed by atoms with Gasteiger partial charge in [0.1, 0.15) is 0 Å². The molecule has 2 rings (SSSR count). The van der Waals surface area contributed by atoms with Crippen LogP contribution in [-0.2, 0) is 9.84 Å². The fourth-order valence-electron chi connectivity index (χ4n) is 1.82. The van der Waals surface area contributed by atoms with E-state index in [9.17, 15) is 8.42 Å². The average molecular weight is 290 g/mol. The molecule has 15 heavy (non-hydrogen) atoms. The molecule has 0 fully saturated rings. The molecule has 0 unspecified atom stereocenters. The van der Waals surface area contributed by atoms with Crippen LogP contribution in [0.15, 0.2) is 27.6 Å². The van der Waals surface area contributed by atoms with E-state index in [-0.39, 0.29) is 5.75 Å². The predicted octanol–water partition coefficient (Wildman–Crippen LogP) is 2.43. The third-order valence-electron chi connectivity index (χ3n) is 2.30. The Morgan fingerprint density at radius 3 is 2.73 bits per heavy atom. The number of rotatable bonds is 0. The Balaban J connectivity index is 2.66. The smallest absolute Gasteiger partial charge is 0.182 e. The first-order valence-electron chi connectivity index (χ1n) is 4.61. The molecule has 0 radical (unpaired) electrons. The van der Waals surface area contributed by atoms with Crippen molar-refractivity contribution in [1.29, 1.82) is 0 Å². The van der Waals surface area contributed by atoms with Crippen LogP contribution in [0.4, 0.5) is 5.69 Å². The maximum absolute atomic E-state index is 11.9. The molecule has 0 spiro atoms. The van der Waals surface area contributed by atoms with Crippen molar-refractivity contribution in [2.45, 2.75) is 24.3 Å². The van der Waals surface area contributed by atoms with Crippen LogP contribution in [0, 0.1) is 0 Å². The van der Waals surface area contributed by atoms with Crippen LogP contribution in [0.3, 0.4) is 0 Å². The lowest BCUT2D eigenvalue weighted by Crippen LogP contribution is -2.42. The number of halogens is 1. The van der Waals surface area contributed by atoms with Crippen molar-refractivity contribution < 1.29 is 8.42 Å². The Kier molecular flexibility index (Phi) is 2.35. The quantitative estimate of drug-likeness (QED) is 0.798. The summed E-state index contributed by atoms with van der Waals surface area (Å²) in [7, 11) is -3.15. The predicted molar refractivity (Wildman–Crippen MR) is 63.9 cm³/mol. The van der Waals surface area contributed by atoms with Crippen molar-refractivity contribution in [1.82, 2.24) is 0 Å². The van der Waals surface area contributed by atoms with E-state index >= 15 is 0 Å². The summed E-state index contributed by atoms with van der Waals surface area (Å²) in [5.74, 6) is 0.134. The Morgan fingerprint density at radius 2 is 2.07 bits per heavy atom. The van der Waals surface area contributed by atoms with E-state index in [0.717, 1.165) is 4.47 Å². The zero-order valence-corrected chi connectivity index (χ0v) is 10.9. The topological polar surface area (TPSA) is 46.2 Å². The monoisotopic (exact) mass is 289 g/mol. The van der Waals surface area contributed by atoms with Crippen molar-refractivity contribution in [3.05, 3.63) is 22.7 Å². The summed E-state index contributed by atoms with van der Waals surface area (Å²) in [6.07, 6.45) is 0. The molecule has 1 aromatic carbocycles. The van der Waals surface area contributed by atoms with Crippen molar-refractivity contribution in [2.75, 3.05) is 11.1 Å². The fraction of sp³-hybridized carbons (Fsp3) is 0.400. The highest BCUT2D eigenvalue weighted by Gasteiger charge is 2.34. The van der Waals surface area contributed by atoms with E-state index in [1.54, 1.807) is 18.2 Å². The van der Waals surface area contributed by atoms with Gasteiger partial charge in [0.05, 0.1) is 16.3 Å². The van der Waals surface area contributed by atoms with Gasteiger partial charge >= 0.3 is 0 Å². The van der Waals surface area contributed by atoms with E-state index in [4.69, 9.17) is 0 Å². The van der Waals surface area contributed by atoms with Crippen molar-refractivity contribution in [3.63, 3.8) is 0 Å². The highest BCUT2D eigenvalue weighted by atomic mass is 79.9. The van der Waals surface area contributed by atoms with E-state index in [0.29, 0.717) is 10.6 Å². The number of anilines is 1. The van der Waals surface area contributed by atoms with Crippen LogP contribution >= 0.6 is 15.9 Å². The van der Waals surface area contributed by atoms with Gasteiger partial charge in [-0.3, -0.25) is 0 Å². The third-order valence-corrected chi connectivity index (χ3v) is 4.92. The highest BCUT2D eigenvalue weighted by molar-refractivity contribution is 9.10. The summed E-state index contributed by atoms with van der Waals surface area (Å²) < 4.78 is 24.8. The second-order valence-corrected chi connectivity index (χ2v) is 7.28. The Hall–Kier alpha value is -0.550. The van der Waals surface area contributed by atoms with E-state index < -0.39 is 15.4 Å². The molecule has 1 aliphatic heterocycles. The van der Waals surface area contributed by atoms with Crippen LogP contribution in [-0.4, -0.2) is 19.7 Å². The first-order chi connectivity index (χ1) is 6.80. The molecule has 0 aromatic heterocycles. The number of sulfone groups is 1. The number of hydrogen-bond acceptors (Lipinski definition) is 3. The summed E-state index contributed by atoms with van der Waals surface area (Å²) in [5.41, 5.74) is 0.271. The molecule has 82 valence electrons. The normalized spacial score (nSPS) is 21.5. The van der Waals surface area contributed by atoms with Gasteiger partial charge < -0.3 is 5.32 Å². The number of benzene rings is 1. The van der Waals surface area contributed by atoms with Crippen LogP contribution in [0.25, 0.3) is 0 Å². The molecular weight excluding hydrogens is 278 g/mol. The molecule has 0 saturated carbocycles. The zero-order valence-electron chi connectivity index (χ0n) is 8.54. The van der Waals surface area contributed by atoms with Crippen LogP contribution in [0.2, 0.25) is 0 Å². The molecule has 1 aliphatic rings. The summed E-state index contributed by atoms with van der Waals surface area (Å²) in [5, 5.41) is 3.22. The number of nitrogens with one attached hydrogen (secondary N) is 1. The Morgan fingerprint density at radius 1 is 1.40 bits per heavy atom. The maximum atomic E-state index is 11.9. The summed E-state index contributed by atoms with van der Waals surface area (Å²) in [6.45, 7) is 3.77. The van der Waals surface area contributed by atoms with E-state index in [2.05, 4.69) is 21.2 Å². The van der Waals surface area contributed by atoms with Gasteiger partial charge in [-0.25, -0.2) is 8.42 Å². The minimum absolute atomic E-state index is 0.134. The lowest BCUT2D eigenvalue weighted by molar-refractivity contribution is 0.556. The first kappa shape index (κ1) is 11.0. The number of fused-ring (bicyclic) bond motifs is 1. The number of hydrogen-bond donors (Lipinski definition) is 1. The van der Waals surface area contributed by atoms with Gasteiger partial charge in [-0.05, 0) is 32.0 Å². The highest BCUT2D eigenvalue weighted by Crippen LogP contribution is 2.34. The van der Waals surface area contributed by atoms with Gasteiger partial charge in [0.15, 0.2) is 9.84 Å². The molecule has 0 bridgehead atoms. The van der Waals surface area contributed by atoms with E-state index in [1.165, 1.54) is 0 Å². The molecular formula is C10H12BrNO2S. The maximum Gasteiger partial charge on any atom is 0.182 e. The van der Waals surface area contributed by atoms with Gasteiger partial charge in [0.25, 0.3) is 0 Å². The second-order valence-electron chi connectivity index (χ2n) is 4.41. The zero-order chi connectivity index (χ0) is 11.3. The lowest BCUT2D eigenvalue weighted by atomic mass is 10.1. The molecule has 1 aromatic rings. The van der Waals surface area contributed by atoms with Gasteiger partial charge in [-0.1, -0.05) is 15.9 Å². The molecule has 1 N–H and O–H groups in total. The summed E-state index contributed by atoms with van der Waals surface area (Å²) in [6, 6.07) is 5.18. The fourth-order valence-corrected chi connectivity index (χ4v) is 4.08. The molecule has 3 nitrogen and oxygen atoms in total. The SMILES string of the molecule is CC1(C)CS(=O)(=O)c2ccc(Br)cc2N1. The first-order valence-corrected chi connectivity index (χ1v) is 7.05. The Labute approximate surface area is 97.9 Å². The van der Waals surface area contributed by atoms with Crippen molar-refractivity contribution >= 4 is 31.5 Å². The summed E-state index contributed by atoms with van der Waals surface area (Å²) in [4.78, 5) is 0.394.